The van der Waals surface area contributed by atoms with Crippen LogP contribution in [0.2, 0.25) is 0 Å². The molecule has 3 rings (SSSR count). The lowest BCUT2D eigenvalue weighted by molar-refractivity contribution is 0.308. The predicted molar refractivity (Wildman–Crippen MR) is 68.7 cm³/mol. The molecule has 2 unspecified atom stereocenters. The Bertz CT molecular complexity index is 375. The molecule has 1 heterocycles. The van der Waals surface area contributed by atoms with Gasteiger partial charge < -0.3 is 0 Å². The number of hydrogen-bond donors (Lipinski definition) is 0. The molecule has 0 saturated heterocycles. The van der Waals surface area contributed by atoms with Crippen molar-refractivity contribution in [2.75, 3.05) is 5.33 Å². The van der Waals surface area contributed by atoms with Crippen LogP contribution in [-0.2, 0) is 13.0 Å². The van der Waals surface area contributed by atoms with Crippen molar-refractivity contribution >= 4 is 15.9 Å². The lowest BCUT2D eigenvalue weighted by Crippen LogP contribution is -2.23. The lowest BCUT2D eigenvalue weighted by atomic mass is 9.80. The summed E-state index contributed by atoms with van der Waals surface area (Å²) in [6.45, 7) is 3.12. The maximum absolute atomic E-state index is 4.37. The van der Waals surface area contributed by atoms with Gasteiger partial charge in [0.1, 0.15) is 0 Å². The van der Waals surface area contributed by atoms with Gasteiger partial charge in [0, 0.05) is 18.1 Å². The van der Waals surface area contributed by atoms with Gasteiger partial charge in [-0.25, -0.2) is 0 Å². The van der Waals surface area contributed by atoms with Crippen LogP contribution in [0.3, 0.4) is 0 Å². The zero-order chi connectivity index (χ0) is 11.2. The van der Waals surface area contributed by atoms with Crippen LogP contribution >= 0.6 is 15.9 Å². The fourth-order valence-electron chi connectivity index (χ4n) is 3.41. The van der Waals surface area contributed by atoms with E-state index in [9.17, 15) is 0 Å². The van der Waals surface area contributed by atoms with Gasteiger partial charge in [0.25, 0.3) is 0 Å². The number of halogens is 1. The van der Waals surface area contributed by atoms with Crippen LogP contribution in [0.1, 0.15) is 31.7 Å². The molecule has 2 nitrogen and oxygen atoms in total. The van der Waals surface area contributed by atoms with E-state index in [1.165, 1.54) is 31.2 Å². The Hall–Kier alpha value is -0.310. The zero-order valence-corrected chi connectivity index (χ0v) is 11.4. The summed E-state index contributed by atoms with van der Waals surface area (Å²) in [4.78, 5) is 0. The summed E-state index contributed by atoms with van der Waals surface area (Å²) in [6.07, 6.45) is 9.85. The Kier molecular flexibility index (Phi) is 2.61. The molecule has 0 aromatic carbocycles. The summed E-state index contributed by atoms with van der Waals surface area (Å²) in [5.41, 5.74) is 1.96. The van der Waals surface area contributed by atoms with Crippen LogP contribution in [0.4, 0.5) is 0 Å². The summed E-state index contributed by atoms with van der Waals surface area (Å²) in [5, 5.41) is 5.53. The third kappa shape index (κ3) is 1.83. The molecule has 0 bridgehead atoms. The van der Waals surface area contributed by atoms with Crippen molar-refractivity contribution in [3.8, 4) is 0 Å². The topological polar surface area (TPSA) is 17.8 Å². The maximum atomic E-state index is 4.37. The van der Waals surface area contributed by atoms with E-state index in [0.29, 0.717) is 5.41 Å². The number of alkyl halides is 1. The van der Waals surface area contributed by atoms with E-state index in [0.717, 1.165) is 23.7 Å². The fraction of sp³-hybridized carbons (Fsp3) is 0.769. The Morgan fingerprint density at radius 2 is 2.25 bits per heavy atom. The number of aromatic nitrogens is 2. The van der Waals surface area contributed by atoms with Crippen molar-refractivity contribution in [1.82, 2.24) is 9.78 Å². The summed E-state index contributed by atoms with van der Waals surface area (Å²) in [7, 11) is 0. The minimum absolute atomic E-state index is 0.537. The number of rotatable bonds is 4. The maximum Gasteiger partial charge on any atom is 0.0521 e. The molecule has 2 atom stereocenters. The molecule has 0 aliphatic heterocycles. The van der Waals surface area contributed by atoms with Crippen molar-refractivity contribution in [1.29, 1.82) is 0 Å². The van der Waals surface area contributed by atoms with Gasteiger partial charge in [-0.2, -0.15) is 5.10 Å². The van der Waals surface area contributed by atoms with Crippen LogP contribution in [0.5, 0.6) is 0 Å². The standard InChI is InChI=1S/C13H19BrN2/c1-2-16-8-10(7-15-16)4-13(9-14)5-11-3-12(11)6-13/h7-8,11-12H,2-6,9H2,1H3. The van der Waals surface area contributed by atoms with Crippen molar-refractivity contribution in [2.24, 2.45) is 17.3 Å². The van der Waals surface area contributed by atoms with Gasteiger partial charge in [0.05, 0.1) is 6.20 Å². The van der Waals surface area contributed by atoms with E-state index >= 15 is 0 Å². The molecule has 0 radical (unpaired) electrons. The zero-order valence-electron chi connectivity index (χ0n) is 9.82. The van der Waals surface area contributed by atoms with Crippen LogP contribution in [-0.4, -0.2) is 15.1 Å². The quantitative estimate of drug-likeness (QED) is 0.776. The molecule has 2 aliphatic rings. The number of hydrogen-bond acceptors (Lipinski definition) is 1. The first-order valence-corrected chi connectivity index (χ1v) is 7.44. The normalized spacial score (nSPS) is 36.4. The molecule has 1 aromatic rings. The largest absolute Gasteiger partial charge is 0.273 e. The average molecular weight is 283 g/mol. The van der Waals surface area contributed by atoms with E-state index in [4.69, 9.17) is 0 Å². The Morgan fingerprint density at radius 3 is 2.81 bits per heavy atom. The molecular weight excluding hydrogens is 264 g/mol. The van der Waals surface area contributed by atoms with Crippen LogP contribution in [0.25, 0.3) is 0 Å². The van der Waals surface area contributed by atoms with Gasteiger partial charge in [-0.15, -0.1) is 0 Å². The third-order valence-electron chi connectivity index (χ3n) is 4.33. The number of aryl methyl sites for hydroxylation is 1. The van der Waals surface area contributed by atoms with Crippen molar-refractivity contribution in [3.63, 3.8) is 0 Å². The molecule has 2 fully saturated rings. The first-order valence-electron chi connectivity index (χ1n) is 6.32. The first-order chi connectivity index (χ1) is 7.74. The summed E-state index contributed by atoms with van der Waals surface area (Å²) >= 11 is 3.74. The second-order valence-corrected chi connectivity index (χ2v) is 6.24. The van der Waals surface area contributed by atoms with Crippen molar-refractivity contribution in [3.05, 3.63) is 18.0 Å². The van der Waals surface area contributed by atoms with E-state index in [-0.39, 0.29) is 0 Å². The molecule has 88 valence electrons. The Labute approximate surface area is 106 Å². The molecule has 0 spiro atoms. The van der Waals surface area contributed by atoms with E-state index in [1.807, 2.05) is 4.68 Å². The SMILES string of the molecule is CCn1cc(CC2(CBr)CC3CC3C2)cn1. The fourth-order valence-corrected chi connectivity index (χ4v) is 4.07. The number of nitrogens with zero attached hydrogens (tertiary/aromatic N) is 2. The minimum atomic E-state index is 0.537. The van der Waals surface area contributed by atoms with Gasteiger partial charge in [0.15, 0.2) is 0 Å². The summed E-state index contributed by atoms with van der Waals surface area (Å²) in [5.74, 6) is 2.11. The molecule has 1 aromatic heterocycles. The van der Waals surface area contributed by atoms with Crippen molar-refractivity contribution in [2.45, 2.75) is 39.2 Å². The third-order valence-corrected chi connectivity index (χ3v) is 5.52. The molecule has 0 N–H and O–H groups in total. The minimum Gasteiger partial charge on any atom is -0.273 e. The van der Waals surface area contributed by atoms with Gasteiger partial charge in [-0.05, 0) is 55.4 Å². The highest BCUT2D eigenvalue weighted by Gasteiger charge is 2.53. The van der Waals surface area contributed by atoms with Crippen LogP contribution < -0.4 is 0 Å². The highest BCUT2D eigenvalue weighted by atomic mass is 79.9. The van der Waals surface area contributed by atoms with Crippen LogP contribution in [0.15, 0.2) is 12.4 Å². The lowest BCUT2D eigenvalue weighted by Gasteiger charge is -2.28. The molecule has 0 amide bonds. The van der Waals surface area contributed by atoms with Gasteiger partial charge in [-0.3, -0.25) is 4.68 Å². The summed E-state index contributed by atoms with van der Waals surface area (Å²) < 4.78 is 2.03. The van der Waals surface area contributed by atoms with Gasteiger partial charge >= 0.3 is 0 Å². The Morgan fingerprint density at radius 1 is 1.50 bits per heavy atom. The molecule has 2 saturated carbocycles. The second kappa shape index (κ2) is 3.86. The van der Waals surface area contributed by atoms with Crippen molar-refractivity contribution < 1.29 is 0 Å². The molecule has 2 aliphatic carbocycles. The number of fused-ring (bicyclic) bond motifs is 1. The van der Waals surface area contributed by atoms with Crippen LogP contribution in [0, 0.1) is 17.3 Å². The molecule has 16 heavy (non-hydrogen) atoms. The van der Waals surface area contributed by atoms with E-state index < -0.39 is 0 Å². The molecular formula is C13H19BrN2. The highest BCUT2D eigenvalue weighted by molar-refractivity contribution is 9.09. The van der Waals surface area contributed by atoms with E-state index in [1.54, 1.807) is 0 Å². The highest BCUT2D eigenvalue weighted by Crippen LogP contribution is 2.61. The van der Waals surface area contributed by atoms with E-state index in [2.05, 4.69) is 40.3 Å². The monoisotopic (exact) mass is 282 g/mol. The second-order valence-electron chi connectivity index (χ2n) is 5.68. The Balaban J connectivity index is 1.72. The van der Waals surface area contributed by atoms with Gasteiger partial charge in [0.2, 0.25) is 0 Å². The first kappa shape index (κ1) is 10.8. The average Bonchev–Trinajstić information content (AvgIpc) is 2.76. The summed E-state index contributed by atoms with van der Waals surface area (Å²) in [6, 6.07) is 0. The molecule has 3 heteroatoms. The van der Waals surface area contributed by atoms with Gasteiger partial charge in [-0.1, -0.05) is 15.9 Å². The predicted octanol–water partition coefficient (Wildman–Crippen LogP) is 3.26. The smallest absolute Gasteiger partial charge is 0.0521 e.